The second kappa shape index (κ2) is 8.80. The molecule has 0 radical (unpaired) electrons. The Morgan fingerprint density at radius 1 is 1.38 bits per heavy atom. The molecule has 0 aliphatic rings. The number of anilines is 1. The molecule has 1 aromatic carbocycles. The van der Waals surface area contributed by atoms with Crippen LogP contribution in [0.3, 0.4) is 0 Å². The molecule has 7 heteroatoms. The van der Waals surface area contributed by atoms with Gasteiger partial charge in [-0.05, 0) is 19.1 Å². The Bertz CT molecular complexity index is 478. The molecule has 0 saturated carbocycles. The number of nitrogens with zero attached hydrogens (tertiary/aromatic N) is 1. The van der Waals surface area contributed by atoms with E-state index in [1.54, 1.807) is 31.3 Å². The molecule has 0 heterocycles. The fraction of sp³-hybridized carbons (Fsp3) is 0.429. The molecule has 2 N–H and O–H groups in total. The predicted octanol–water partition coefficient (Wildman–Crippen LogP) is 1.65. The minimum absolute atomic E-state index is 0.273. The Morgan fingerprint density at radius 3 is 2.81 bits per heavy atom. The van der Waals surface area contributed by atoms with Gasteiger partial charge in [-0.3, -0.25) is 0 Å². The molecule has 2 amide bonds. The lowest BCUT2D eigenvalue weighted by Crippen LogP contribution is -2.34. The summed E-state index contributed by atoms with van der Waals surface area (Å²) in [5, 5.41) is 11.3. The number of nitrogens with one attached hydrogen (secondary N) is 1. The highest BCUT2D eigenvalue weighted by atomic mass is 16.5. The molecule has 7 nitrogen and oxygen atoms in total. The number of benzene rings is 1. The van der Waals surface area contributed by atoms with Gasteiger partial charge in [-0.15, -0.1) is 0 Å². The summed E-state index contributed by atoms with van der Waals surface area (Å²) in [6.45, 7) is 3.03. The van der Waals surface area contributed by atoms with E-state index in [-0.39, 0.29) is 6.03 Å². The van der Waals surface area contributed by atoms with Gasteiger partial charge in [0.05, 0.1) is 6.61 Å². The van der Waals surface area contributed by atoms with Crippen molar-refractivity contribution >= 4 is 17.7 Å². The number of hydrogen-bond acceptors (Lipinski definition) is 4. The molecule has 0 unspecified atom stereocenters. The number of urea groups is 1. The van der Waals surface area contributed by atoms with E-state index in [1.165, 1.54) is 4.90 Å². The monoisotopic (exact) mass is 296 g/mol. The van der Waals surface area contributed by atoms with Crippen molar-refractivity contribution in [3.63, 3.8) is 0 Å². The minimum atomic E-state index is -1.06. The second-order valence-electron chi connectivity index (χ2n) is 4.26. The van der Waals surface area contributed by atoms with Crippen molar-refractivity contribution in [2.45, 2.75) is 6.92 Å². The van der Waals surface area contributed by atoms with E-state index in [4.69, 9.17) is 14.6 Å². The molecule has 0 bridgehead atoms. The first-order valence-corrected chi connectivity index (χ1v) is 6.57. The first-order valence-electron chi connectivity index (χ1n) is 6.57. The van der Waals surface area contributed by atoms with E-state index < -0.39 is 12.6 Å². The number of carbonyl (C=O) groups excluding carboxylic acids is 1. The highest BCUT2D eigenvalue weighted by molar-refractivity contribution is 5.89. The number of ether oxygens (including phenoxy) is 2. The van der Waals surface area contributed by atoms with Gasteiger partial charge < -0.3 is 24.8 Å². The summed E-state index contributed by atoms with van der Waals surface area (Å²) < 4.78 is 10.2. The summed E-state index contributed by atoms with van der Waals surface area (Å²) in [5.41, 5.74) is 0.533. The summed E-state index contributed by atoms with van der Waals surface area (Å²) in [7, 11) is 1.67. The van der Waals surface area contributed by atoms with E-state index >= 15 is 0 Å². The Hall–Kier alpha value is -2.28. The lowest BCUT2D eigenvalue weighted by molar-refractivity contribution is -0.139. The van der Waals surface area contributed by atoms with Crippen LogP contribution >= 0.6 is 0 Å². The van der Waals surface area contributed by atoms with E-state index in [0.717, 1.165) is 0 Å². The molecule has 0 atom stereocenters. The first kappa shape index (κ1) is 16.8. The van der Waals surface area contributed by atoms with E-state index in [0.29, 0.717) is 31.2 Å². The van der Waals surface area contributed by atoms with Crippen LogP contribution < -0.4 is 10.1 Å². The van der Waals surface area contributed by atoms with Crippen molar-refractivity contribution in [2.75, 3.05) is 38.7 Å². The SMILES string of the molecule is CCOCCN(C)C(=O)Nc1cccc(OCC(=O)O)c1. The standard InChI is InChI=1S/C14H20N2O5/c1-3-20-8-7-16(2)14(19)15-11-5-4-6-12(9-11)21-10-13(17)18/h4-6,9H,3,7-8,10H2,1-2H3,(H,15,19)(H,17,18). The number of hydrogen-bond donors (Lipinski definition) is 2. The third-order valence-corrected chi connectivity index (χ3v) is 2.57. The predicted molar refractivity (Wildman–Crippen MR) is 77.7 cm³/mol. The van der Waals surface area contributed by atoms with Crippen LogP contribution in [-0.2, 0) is 9.53 Å². The van der Waals surface area contributed by atoms with Crippen molar-refractivity contribution in [3.05, 3.63) is 24.3 Å². The number of carboxylic acid groups (broad SMARTS) is 1. The lowest BCUT2D eigenvalue weighted by atomic mass is 10.3. The molecule has 1 rings (SSSR count). The molecule has 116 valence electrons. The van der Waals surface area contributed by atoms with Gasteiger partial charge in [-0.25, -0.2) is 9.59 Å². The highest BCUT2D eigenvalue weighted by Crippen LogP contribution is 2.17. The van der Waals surface area contributed by atoms with Crippen LogP contribution in [0.2, 0.25) is 0 Å². The third-order valence-electron chi connectivity index (χ3n) is 2.57. The zero-order valence-electron chi connectivity index (χ0n) is 12.2. The van der Waals surface area contributed by atoms with Crippen LogP contribution in [0.5, 0.6) is 5.75 Å². The van der Waals surface area contributed by atoms with Gasteiger partial charge in [0.2, 0.25) is 0 Å². The Morgan fingerprint density at radius 2 is 2.14 bits per heavy atom. The average molecular weight is 296 g/mol. The maximum atomic E-state index is 11.9. The van der Waals surface area contributed by atoms with E-state index in [1.807, 2.05) is 6.92 Å². The van der Waals surface area contributed by atoms with E-state index in [2.05, 4.69) is 5.32 Å². The zero-order chi connectivity index (χ0) is 15.7. The van der Waals surface area contributed by atoms with Gasteiger partial charge in [0, 0.05) is 32.0 Å². The van der Waals surface area contributed by atoms with Crippen LogP contribution in [0.15, 0.2) is 24.3 Å². The van der Waals surface area contributed by atoms with Gasteiger partial charge in [0.15, 0.2) is 6.61 Å². The molecule has 0 saturated heterocycles. The smallest absolute Gasteiger partial charge is 0.341 e. The molecule has 1 aromatic rings. The number of rotatable bonds is 8. The molecular formula is C14H20N2O5. The van der Waals surface area contributed by atoms with Crippen LogP contribution in [0.4, 0.5) is 10.5 Å². The topological polar surface area (TPSA) is 88.1 Å². The Kier molecular flexibility index (Phi) is 7.03. The van der Waals surface area contributed by atoms with E-state index in [9.17, 15) is 9.59 Å². The largest absolute Gasteiger partial charge is 0.482 e. The molecule has 0 spiro atoms. The zero-order valence-corrected chi connectivity index (χ0v) is 12.2. The summed E-state index contributed by atoms with van der Waals surface area (Å²) in [4.78, 5) is 23.8. The average Bonchev–Trinajstić information content (AvgIpc) is 2.45. The number of likely N-dealkylation sites (N-methyl/N-ethyl adjacent to an activating group) is 1. The maximum absolute atomic E-state index is 11.9. The summed E-state index contributed by atoms with van der Waals surface area (Å²) in [6, 6.07) is 6.29. The number of aliphatic carboxylic acids is 1. The summed E-state index contributed by atoms with van der Waals surface area (Å²) in [5.74, 6) is -0.674. The van der Waals surface area contributed by atoms with Crippen molar-refractivity contribution in [1.82, 2.24) is 4.90 Å². The van der Waals surface area contributed by atoms with Crippen LogP contribution in [-0.4, -0.2) is 55.4 Å². The number of amides is 2. The highest BCUT2D eigenvalue weighted by Gasteiger charge is 2.09. The summed E-state index contributed by atoms with van der Waals surface area (Å²) in [6.07, 6.45) is 0. The Labute approximate surface area is 123 Å². The Balaban J connectivity index is 2.51. The van der Waals surface area contributed by atoms with Gasteiger partial charge in [0.1, 0.15) is 5.75 Å². The third kappa shape index (κ3) is 6.62. The normalized spacial score (nSPS) is 10.0. The van der Waals surface area contributed by atoms with Crippen LogP contribution in [0, 0.1) is 0 Å². The number of carboxylic acids is 1. The van der Waals surface area contributed by atoms with Gasteiger partial charge >= 0.3 is 12.0 Å². The first-order chi connectivity index (χ1) is 10.0. The molecule has 0 fully saturated rings. The molecular weight excluding hydrogens is 276 g/mol. The molecule has 0 aliphatic carbocycles. The maximum Gasteiger partial charge on any atom is 0.341 e. The fourth-order valence-corrected chi connectivity index (χ4v) is 1.47. The molecule has 0 aromatic heterocycles. The lowest BCUT2D eigenvalue weighted by Gasteiger charge is -2.18. The van der Waals surface area contributed by atoms with Crippen LogP contribution in [0.1, 0.15) is 6.92 Å². The number of carbonyl (C=O) groups is 2. The fourth-order valence-electron chi connectivity index (χ4n) is 1.47. The molecule has 21 heavy (non-hydrogen) atoms. The summed E-state index contributed by atoms with van der Waals surface area (Å²) >= 11 is 0. The van der Waals surface area contributed by atoms with Gasteiger partial charge in [-0.1, -0.05) is 6.07 Å². The van der Waals surface area contributed by atoms with Crippen molar-refractivity contribution in [1.29, 1.82) is 0 Å². The van der Waals surface area contributed by atoms with Crippen molar-refractivity contribution < 1.29 is 24.2 Å². The van der Waals surface area contributed by atoms with Crippen molar-refractivity contribution in [3.8, 4) is 5.75 Å². The van der Waals surface area contributed by atoms with Crippen molar-refractivity contribution in [2.24, 2.45) is 0 Å². The quantitative estimate of drug-likeness (QED) is 0.712. The second-order valence-corrected chi connectivity index (χ2v) is 4.26. The minimum Gasteiger partial charge on any atom is -0.482 e. The molecule has 0 aliphatic heterocycles. The van der Waals surface area contributed by atoms with Gasteiger partial charge in [-0.2, -0.15) is 0 Å². The van der Waals surface area contributed by atoms with Gasteiger partial charge in [0.25, 0.3) is 0 Å². The van der Waals surface area contributed by atoms with Crippen LogP contribution in [0.25, 0.3) is 0 Å².